The molecule has 2 saturated carbocycles. The van der Waals surface area contributed by atoms with Gasteiger partial charge in [0, 0.05) is 12.6 Å². The highest BCUT2D eigenvalue weighted by atomic mass is 32.2. The summed E-state index contributed by atoms with van der Waals surface area (Å²) in [6.07, 6.45) is -0.0211. The molecule has 31 heavy (non-hydrogen) atoms. The van der Waals surface area contributed by atoms with Crippen molar-refractivity contribution in [2.45, 2.75) is 55.9 Å². The van der Waals surface area contributed by atoms with Crippen molar-refractivity contribution in [2.24, 2.45) is 5.92 Å². The summed E-state index contributed by atoms with van der Waals surface area (Å²) in [6, 6.07) is 11.8. The number of ether oxygens (including phenoxy) is 2. The van der Waals surface area contributed by atoms with Gasteiger partial charge in [-0.15, -0.1) is 13.2 Å². The first-order valence-corrected chi connectivity index (χ1v) is 11.7. The third-order valence-electron chi connectivity index (χ3n) is 5.59. The molecule has 0 aromatic heterocycles. The maximum atomic E-state index is 13.3. The van der Waals surface area contributed by atoms with E-state index in [0.29, 0.717) is 25.4 Å². The Balaban J connectivity index is 1.51. The summed E-state index contributed by atoms with van der Waals surface area (Å²) in [6.45, 7) is 0.744. The minimum Gasteiger partial charge on any atom is -0.493 e. The van der Waals surface area contributed by atoms with Gasteiger partial charge in [-0.2, -0.15) is 4.31 Å². The van der Waals surface area contributed by atoms with Crippen LogP contribution in [0.2, 0.25) is 0 Å². The molecule has 0 heterocycles. The van der Waals surface area contributed by atoms with E-state index in [1.54, 1.807) is 24.3 Å². The van der Waals surface area contributed by atoms with Gasteiger partial charge >= 0.3 is 6.36 Å². The number of para-hydroxylation sites is 1. The number of halogens is 3. The first-order chi connectivity index (χ1) is 14.7. The molecule has 2 aromatic carbocycles. The average Bonchev–Trinajstić information content (AvgIpc) is 3.50. The standard InChI is InChI=1S/C22H24F3NO4S/c23-22(24,25)30-20-6-1-2-7-21(20)31(27,28)26(18-10-11-18)14-16-8-12-19(13-9-16)29-15-17-4-3-5-17/h1-2,6-9,12-13,17-18H,3-5,10-11,14-15H2. The summed E-state index contributed by atoms with van der Waals surface area (Å²) in [5.74, 6) is 0.606. The number of sulfonamides is 1. The van der Waals surface area contributed by atoms with E-state index in [1.807, 2.05) is 0 Å². The number of hydrogen-bond donors (Lipinski definition) is 0. The van der Waals surface area contributed by atoms with E-state index < -0.39 is 27.0 Å². The van der Waals surface area contributed by atoms with Crippen LogP contribution in [0.3, 0.4) is 0 Å². The second kappa shape index (κ2) is 8.70. The van der Waals surface area contributed by atoms with Crippen LogP contribution in [0.15, 0.2) is 53.4 Å². The topological polar surface area (TPSA) is 55.8 Å². The number of benzene rings is 2. The van der Waals surface area contributed by atoms with Gasteiger partial charge in [-0.25, -0.2) is 8.42 Å². The first kappa shape index (κ1) is 22.0. The quantitative estimate of drug-likeness (QED) is 0.527. The summed E-state index contributed by atoms with van der Waals surface area (Å²) in [5.41, 5.74) is 0.737. The van der Waals surface area contributed by atoms with Crippen LogP contribution in [-0.2, 0) is 16.6 Å². The molecular weight excluding hydrogens is 431 g/mol. The summed E-state index contributed by atoms with van der Waals surface area (Å²) >= 11 is 0. The van der Waals surface area contributed by atoms with Crippen molar-refractivity contribution < 1.29 is 31.1 Å². The fourth-order valence-electron chi connectivity index (χ4n) is 3.52. The van der Waals surface area contributed by atoms with E-state index in [2.05, 4.69) is 4.74 Å². The lowest BCUT2D eigenvalue weighted by Gasteiger charge is -2.25. The molecule has 0 aliphatic heterocycles. The van der Waals surface area contributed by atoms with Gasteiger partial charge in [0.05, 0.1) is 6.61 Å². The number of alkyl halides is 3. The van der Waals surface area contributed by atoms with Crippen LogP contribution >= 0.6 is 0 Å². The lowest BCUT2D eigenvalue weighted by Crippen LogP contribution is -2.33. The molecule has 0 amide bonds. The van der Waals surface area contributed by atoms with Crippen molar-refractivity contribution in [3.8, 4) is 11.5 Å². The van der Waals surface area contributed by atoms with Crippen molar-refractivity contribution in [2.75, 3.05) is 6.61 Å². The molecule has 2 fully saturated rings. The largest absolute Gasteiger partial charge is 0.573 e. The second-order valence-electron chi connectivity index (χ2n) is 8.03. The van der Waals surface area contributed by atoms with Crippen molar-refractivity contribution >= 4 is 10.0 Å². The van der Waals surface area contributed by atoms with Crippen molar-refractivity contribution in [1.82, 2.24) is 4.31 Å². The SMILES string of the molecule is O=S(=O)(c1ccccc1OC(F)(F)F)N(Cc1ccc(OCC2CCC2)cc1)C1CC1. The Kier molecular flexibility index (Phi) is 6.16. The second-order valence-corrected chi connectivity index (χ2v) is 9.89. The van der Waals surface area contributed by atoms with Gasteiger partial charge in [0.2, 0.25) is 10.0 Å². The van der Waals surface area contributed by atoms with Crippen LogP contribution < -0.4 is 9.47 Å². The molecule has 2 aliphatic rings. The molecule has 2 aliphatic carbocycles. The average molecular weight is 455 g/mol. The lowest BCUT2D eigenvalue weighted by atomic mass is 9.86. The van der Waals surface area contributed by atoms with E-state index in [1.165, 1.54) is 35.7 Å². The fraction of sp³-hybridized carbons (Fsp3) is 0.455. The van der Waals surface area contributed by atoms with Crippen LogP contribution in [0.4, 0.5) is 13.2 Å². The molecule has 0 bridgehead atoms. The van der Waals surface area contributed by atoms with Crippen LogP contribution in [0.5, 0.6) is 11.5 Å². The third-order valence-corrected chi connectivity index (χ3v) is 7.53. The summed E-state index contributed by atoms with van der Waals surface area (Å²) in [4.78, 5) is -0.486. The first-order valence-electron chi connectivity index (χ1n) is 10.3. The number of rotatable bonds is 9. The zero-order chi connectivity index (χ0) is 22.1. The summed E-state index contributed by atoms with van der Waals surface area (Å²) in [5, 5.41) is 0. The van der Waals surface area contributed by atoms with E-state index in [-0.39, 0.29) is 12.6 Å². The predicted octanol–water partition coefficient (Wildman–Crippen LogP) is 5.12. The molecule has 9 heteroatoms. The number of nitrogens with zero attached hydrogens (tertiary/aromatic N) is 1. The van der Waals surface area contributed by atoms with E-state index in [9.17, 15) is 21.6 Å². The maximum Gasteiger partial charge on any atom is 0.573 e. The Bertz CT molecular complexity index is 1000. The van der Waals surface area contributed by atoms with Gasteiger partial charge < -0.3 is 9.47 Å². The molecular formula is C22H24F3NO4S. The molecule has 168 valence electrons. The Morgan fingerprint density at radius 2 is 1.65 bits per heavy atom. The molecule has 0 atom stereocenters. The van der Waals surface area contributed by atoms with Crippen molar-refractivity contribution in [1.29, 1.82) is 0 Å². The van der Waals surface area contributed by atoms with Crippen LogP contribution in [-0.4, -0.2) is 31.7 Å². The van der Waals surface area contributed by atoms with Gasteiger partial charge in [0.1, 0.15) is 16.4 Å². The molecule has 0 saturated heterocycles. The molecule has 4 rings (SSSR count). The highest BCUT2D eigenvalue weighted by molar-refractivity contribution is 7.89. The number of hydrogen-bond acceptors (Lipinski definition) is 4. The summed E-state index contributed by atoms with van der Waals surface area (Å²) < 4.78 is 75.8. The fourth-order valence-corrected chi connectivity index (χ4v) is 5.31. The highest BCUT2D eigenvalue weighted by Crippen LogP contribution is 2.37. The van der Waals surface area contributed by atoms with Gasteiger partial charge in [-0.05, 0) is 61.4 Å². The lowest BCUT2D eigenvalue weighted by molar-refractivity contribution is -0.275. The van der Waals surface area contributed by atoms with Gasteiger partial charge in [-0.1, -0.05) is 30.7 Å². The van der Waals surface area contributed by atoms with Gasteiger partial charge in [0.25, 0.3) is 0 Å². The van der Waals surface area contributed by atoms with E-state index in [0.717, 1.165) is 23.4 Å². The smallest absolute Gasteiger partial charge is 0.493 e. The zero-order valence-electron chi connectivity index (χ0n) is 16.8. The maximum absolute atomic E-state index is 13.3. The molecule has 0 N–H and O–H groups in total. The summed E-state index contributed by atoms with van der Waals surface area (Å²) in [7, 11) is -4.19. The van der Waals surface area contributed by atoms with Crippen LogP contribution in [0.1, 0.15) is 37.7 Å². The van der Waals surface area contributed by atoms with Crippen molar-refractivity contribution in [3.63, 3.8) is 0 Å². The molecule has 5 nitrogen and oxygen atoms in total. The van der Waals surface area contributed by atoms with Gasteiger partial charge in [0.15, 0.2) is 0 Å². The van der Waals surface area contributed by atoms with Crippen molar-refractivity contribution in [3.05, 3.63) is 54.1 Å². The van der Waals surface area contributed by atoms with E-state index >= 15 is 0 Å². The normalized spacial score (nSPS) is 17.4. The molecule has 0 unspecified atom stereocenters. The molecule has 0 radical (unpaired) electrons. The van der Waals surface area contributed by atoms with E-state index in [4.69, 9.17) is 4.74 Å². The molecule has 2 aromatic rings. The minimum atomic E-state index is -4.98. The van der Waals surface area contributed by atoms with Crippen LogP contribution in [0, 0.1) is 5.92 Å². The zero-order valence-corrected chi connectivity index (χ0v) is 17.7. The Labute approximate surface area is 179 Å². The van der Waals surface area contributed by atoms with Gasteiger partial charge in [-0.3, -0.25) is 0 Å². The third kappa shape index (κ3) is 5.51. The monoisotopic (exact) mass is 455 g/mol. The Morgan fingerprint density at radius 1 is 0.968 bits per heavy atom. The highest BCUT2D eigenvalue weighted by Gasteiger charge is 2.41. The Morgan fingerprint density at radius 3 is 2.23 bits per heavy atom. The molecule has 0 spiro atoms. The minimum absolute atomic E-state index is 0.0657. The predicted molar refractivity (Wildman–Crippen MR) is 108 cm³/mol. The van der Waals surface area contributed by atoms with Crippen LogP contribution in [0.25, 0.3) is 0 Å². The Hall–Kier alpha value is -2.26.